The summed E-state index contributed by atoms with van der Waals surface area (Å²) in [6.07, 6.45) is 1.29. The first-order chi connectivity index (χ1) is 12.1. The van der Waals surface area contributed by atoms with Crippen molar-refractivity contribution in [1.82, 2.24) is 0 Å². The number of amides is 1. The highest BCUT2D eigenvalue weighted by molar-refractivity contribution is 7.92. The number of hydrogen-bond acceptors (Lipinski definition) is 3. The van der Waals surface area contributed by atoms with E-state index in [1.807, 2.05) is 0 Å². The molecule has 1 amide bonds. The molecule has 0 heterocycles. The lowest BCUT2D eigenvalue weighted by Gasteiger charge is -2.30. The molecule has 0 bridgehead atoms. The topological polar surface area (TPSA) is 66.5 Å². The Morgan fingerprint density at radius 1 is 1.12 bits per heavy atom. The zero-order chi connectivity index (χ0) is 19.5. The molecule has 2 aromatic carbocycles. The molecule has 9 heteroatoms. The van der Waals surface area contributed by atoms with Gasteiger partial charge in [-0.1, -0.05) is 47.8 Å². The second-order valence-corrected chi connectivity index (χ2v) is 8.72. The van der Waals surface area contributed by atoms with E-state index in [4.69, 9.17) is 34.8 Å². The van der Waals surface area contributed by atoms with Crippen molar-refractivity contribution < 1.29 is 13.2 Å². The second kappa shape index (κ2) is 8.48. The third-order valence-electron chi connectivity index (χ3n) is 3.58. The van der Waals surface area contributed by atoms with Gasteiger partial charge >= 0.3 is 0 Å². The van der Waals surface area contributed by atoms with E-state index in [9.17, 15) is 13.2 Å². The Kier molecular flexibility index (Phi) is 6.80. The number of halogens is 3. The van der Waals surface area contributed by atoms with Gasteiger partial charge in [-0.2, -0.15) is 0 Å². The molecule has 0 fully saturated rings. The number of rotatable bonds is 6. The molecule has 140 valence electrons. The minimum Gasteiger partial charge on any atom is -0.323 e. The van der Waals surface area contributed by atoms with E-state index in [1.165, 1.54) is 12.1 Å². The van der Waals surface area contributed by atoms with E-state index in [2.05, 4.69) is 5.32 Å². The summed E-state index contributed by atoms with van der Waals surface area (Å²) in [7, 11) is -3.74. The van der Waals surface area contributed by atoms with Crippen molar-refractivity contribution in [2.24, 2.45) is 0 Å². The van der Waals surface area contributed by atoms with E-state index in [-0.39, 0.29) is 11.4 Å². The highest BCUT2D eigenvalue weighted by atomic mass is 35.5. The molecule has 2 aromatic rings. The number of nitrogens with one attached hydrogen (secondary N) is 1. The maximum atomic E-state index is 12.8. The molecule has 0 aliphatic carbocycles. The van der Waals surface area contributed by atoms with Gasteiger partial charge in [0, 0.05) is 10.0 Å². The molecule has 0 saturated heterocycles. The van der Waals surface area contributed by atoms with Crippen molar-refractivity contribution in [3.63, 3.8) is 0 Å². The lowest BCUT2D eigenvalue weighted by atomic mass is 10.2. The lowest BCUT2D eigenvalue weighted by molar-refractivity contribution is -0.117. The van der Waals surface area contributed by atoms with Crippen molar-refractivity contribution in [1.29, 1.82) is 0 Å². The number of hydrogen-bond donors (Lipinski definition) is 1. The van der Waals surface area contributed by atoms with Crippen molar-refractivity contribution in [3.05, 3.63) is 57.5 Å². The van der Waals surface area contributed by atoms with Crippen molar-refractivity contribution in [3.8, 4) is 0 Å². The predicted molar refractivity (Wildman–Crippen MR) is 108 cm³/mol. The predicted octanol–water partition coefficient (Wildman–Crippen LogP) is 4.83. The maximum Gasteiger partial charge on any atom is 0.248 e. The number of benzene rings is 2. The molecule has 26 heavy (non-hydrogen) atoms. The third-order valence-corrected chi connectivity index (χ3v) is 5.54. The summed E-state index contributed by atoms with van der Waals surface area (Å²) in [4.78, 5) is 12.8. The maximum absolute atomic E-state index is 12.8. The van der Waals surface area contributed by atoms with E-state index >= 15 is 0 Å². The summed E-state index contributed by atoms with van der Waals surface area (Å²) < 4.78 is 25.8. The van der Waals surface area contributed by atoms with Crippen LogP contribution in [0.25, 0.3) is 0 Å². The van der Waals surface area contributed by atoms with Gasteiger partial charge in [0.05, 0.1) is 22.7 Å². The molecule has 2 rings (SSSR count). The number of carbonyl (C=O) groups excluding carboxylic acids is 1. The molecule has 1 N–H and O–H groups in total. The van der Waals surface area contributed by atoms with E-state index < -0.39 is 22.0 Å². The molecular formula is C17H17Cl3N2O3S. The Bertz CT molecular complexity index is 919. The van der Waals surface area contributed by atoms with Crippen LogP contribution in [0, 0.1) is 0 Å². The largest absolute Gasteiger partial charge is 0.323 e. The van der Waals surface area contributed by atoms with Crippen LogP contribution in [-0.2, 0) is 14.8 Å². The number of anilines is 2. The SMILES string of the molecule is CC[C@@H](C(=O)Nc1ccc(Cl)cc1Cl)N(c1cccc(Cl)c1)S(C)(=O)=O. The summed E-state index contributed by atoms with van der Waals surface area (Å²) in [5, 5.41) is 3.71. The van der Waals surface area contributed by atoms with Gasteiger partial charge in [0.25, 0.3) is 0 Å². The molecule has 0 unspecified atom stereocenters. The molecule has 1 atom stereocenters. The van der Waals surface area contributed by atoms with Crippen LogP contribution >= 0.6 is 34.8 Å². The van der Waals surface area contributed by atoms with Crippen molar-refractivity contribution in [2.75, 3.05) is 15.9 Å². The molecule has 0 aliphatic heterocycles. The minimum absolute atomic E-state index is 0.247. The van der Waals surface area contributed by atoms with Crippen LogP contribution in [0.5, 0.6) is 0 Å². The summed E-state index contributed by atoms with van der Waals surface area (Å²) >= 11 is 17.9. The average Bonchev–Trinajstić information content (AvgIpc) is 2.53. The van der Waals surface area contributed by atoms with Crippen molar-refractivity contribution in [2.45, 2.75) is 19.4 Å². The number of sulfonamides is 1. The van der Waals surface area contributed by atoms with Gasteiger partial charge in [-0.05, 0) is 42.8 Å². The van der Waals surface area contributed by atoms with Gasteiger partial charge < -0.3 is 5.32 Å². The van der Waals surface area contributed by atoms with Crippen molar-refractivity contribution >= 4 is 62.1 Å². The zero-order valence-electron chi connectivity index (χ0n) is 14.0. The van der Waals surface area contributed by atoms with Crippen LogP contribution in [0.2, 0.25) is 15.1 Å². The Morgan fingerprint density at radius 3 is 2.31 bits per heavy atom. The van der Waals surface area contributed by atoms with Gasteiger partial charge in [-0.3, -0.25) is 9.10 Å². The molecule has 5 nitrogen and oxygen atoms in total. The molecule has 0 aromatic heterocycles. The first-order valence-corrected chi connectivity index (χ1v) is 10.6. The monoisotopic (exact) mass is 434 g/mol. The fraction of sp³-hybridized carbons (Fsp3) is 0.235. The van der Waals surface area contributed by atoms with Crippen LogP contribution < -0.4 is 9.62 Å². The van der Waals surface area contributed by atoms with Crippen LogP contribution in [0.15, 0.2) is 42.5 Å². The fourth-order valence-corrected chi connectivity index (χ4v) is 4.32. The van der Waals surface area contributed by atoms with Gasteiger partial charge in [-0.15, -0.1) is 0 Å². The van der Waals surface area contributed by atoms with Gasteiger partial charge in [0.1, 0.15) is 6.04 Å². The van der Waals surface area contributed by atoms with Gasteiger partial charge in [-0.25, -0.2) is 8.42 Å². The van der Waals surface area contributed by atoms with Crippen LogP contribution in [-0.4, -0.2) is 26.6 Å². The molecule has 0 aliphatic rings. The lowest BCUT2D eigenvalue weighted by Crippen LogP contribution is -2.47. The van der Waals surface area contributed by atoms with Gasteiger partial charge in [0.15, 0.2) is 0 Å². The summed E-state index contributed by atoms with van der Waals surface area (Å²) in [6, 6.07) is 9.97. The Labute approximate surface area is 167 Å². The second-order valence-electron chi connectivity index (χ2n) is 5.58. The normalized spacial score (nSPS) is 12.5. The zero-order valence-corrected chi connectivity index (χ0v) is 17.1. The minimum atomic E-state index is -3.74. The summed E-state index contributed by atoms with van der Waals surface area (Å²) in [5.74, 6) is -0.512. The highest BCUT2D eigenvalue weighted by Gasteiger charge is 2.31. The first-order valence-electron chi connectivity index (χ1n) is 7.64. The molecule has 0 spiro atoms. The van der Waals surface area contributed by atoms with Crippen LogP contribution in [0.1, 0.15) is 13.3 Å². The Balaban J connectivity index is 2.40. The van der Waals surface area contributed by atoms with E-state index in [1.54, 1.807) is 37.3 Å². The molecule has 0 saturated carbocycles. The Hall–Kier alpha value is -1.47. The van der Waals surface area contributed by atoms with Gasteiger partial charge in [0.2, 0.25) is 15.9 Å². The van der Waals surface area contributed by atoms with Crippen LogP contribution in [0.3, 0.4) is 0 Å². The van der Waals surface area contributed by atoms with E-state index in [0.29, 0.717) is 21.4 Å². The first kappa shape index (κ1) is 20.8. The smallest absolute Gasteiger partial charge is 0.248 e. The molecular weight excluding hydrogens is 419 g/mol. The standard InChI is InChI=1S/C17H17Cl3N2O3S/c1-3-16(17(23)21-15-8-7-12(19)10-14(15)20)22(26(2,24)25)13-6-4-5-11(18)9-13/h4-10,16H,3H2,1-2H3,(H,21,23)/t16-/m0/s1. The fourth-order valence-electron chi connectivity index (χ4n) is 2.48. The Morgan fingerprint density at radius 2 is 1.77 bits per heavy atom. The number of nitrogens with zero attached hydrogens (tertiary/aromatic N) is 1. The van der Waals surface area contributed by atoms with E-state index in [0.717, 1.165) is 10.6 Å². The number of carbonyl (C=O) groups is 1. The summed E-state index contributed by atoms with van der Waals surface area (Å²) in [5.41, 5.74) is 0.656. The third kappa shape index (κ3) is 5.04. The highest BCUT2D eigenvalue weighted by Crippen LogP contribution is 2.28. The quantitative estimate of drug-likeness (QED) is 0.706. The molecule has 0 radical (unpaired) electrons. The van der Waals surface area contributed by atoms with Crippen LogP contribution in [0.4, 0.5) is 11.4 Å². The summed E-state index contributed by atoms with van der Waals surface area (Å²) in [6.45, 7) is 1.72. The average molecular weight is 436 g/mol.